The lowest BCUT2D eigenvalue weighted by atomic mass is 9.87. The molecule has 0 spiro atoms. The van der Waals surface area contributed by atoms with Crippen LogP contribution in [0.3, 0.4) is 0 Å². The second-order valence-corrected chi connectivity index (χ2v) is 10.1. The molecule has 37 heavy (non-hydrogen) atoms. The van der Waals surface area contributed by atoms with Crippen molar-refractivity contribution in [2.75, 3.05) is 38.1 Å². The van der Waals surface area contributed by atoms with Crippen molar-refractivity contribution in [3.05, 3.63) is 29.3 Å². The summed E-state index contributed by atoms with van der Waals surface area (Å²) in [5.41, 5.74) is 2.45. The van der Waals surface area contributed by atoms with E-state index >= 15 is 0 Å². The maximum atomic E-state index is 12.8. The number of nitrogens with zero attached hydrogens (tertiary/aromatic N) is 3. The van der Waals surface area contributed by atoms with Crippen molar-refractivity contribution in [3.8, 4) is 0 Å². The molecule has 2 heterocycles. The number of aryl methyl sites for hydroxylation is 1. The molecular formula is C24H31F6N3O4. The molecule has 0 bridgehead atoms. The molecule has 2 fully saturated rings. The van der Waals surface area contributed by atoms with Gasteiger partial charge >= 0.3 is 24.4 Å². The van der Waals surface area contributed by atoms with Crippen molar-refractivity contribution >= 4 is 17.7 Å². The Hall–Kier alpha value is -2.70. The highest BCUT2D eigenvalue weighted by atomic mass is 19.4. The molecule has 2 aliphatic heterocycles. The van der Waals surface area contributed by atoms with Gasteiger partial charge in [-0.15, -0.1) is 0 Å². The number of alkyl halides is 6. The van der Waals surface area contributed by atoms with E-state index in [1.165, 1.54) is 0 Å². The molecule has 0 radical (unpaired) electrons. The van der Waals surface area contributed by atoms with Gasteiger partial charge in [-0.2, -0.15) is 26.3 Å². The van der Waals surface area contributed by atoms with Crippen LogP contribution >= 0.6 is 0 Å². The zero-order valence-electron chi connectivity index (χ0n) is 20.8. The fraction of sp³-hybridized carbons (Fsp3) is 0.667. The molecule has 208 valence electrons. The maximum absolute atomic E-state index is 12.8. The number of hydrogen-bond donors (Lipinski definition) is 1. The number of rotatable bonds is 6. The van der Waals surface area contributed by atoms with Gasteiger partial charge in [0.05, 0.1) is 5.92 Å². The molecule has 3 rings (SSSR count). The molecule has 7 nitrogen and oxygen atoms in total. The second kappa shape index (κ2) is 10.6. The summed E-state index contributed by atoms with van der Waals surface area (Å²) in [7, 11) is 1.87. The van der Waals surface area contributed by atoms with Gasteiger partial charge in [-0.3, -0.25) is 9.69 Å². The van der Waals surface area contributed by atoms with Crippen molar-refractivity contribution in [2.45, 2.75) is 63.7 Å². The molecule has 0 aromatic heterocycles. The predicted octanol–water partition coefficient (Wildman–Crippen LogP) is 4.82. The lowest BCUT2D eigenvalue weighted by molar-refractivity contribution is -0.308. The Morgan fingerprint density at radius 2 is 1.73 bits per heavy atom. The number of carbonyl (C=O) groups excluding carboxylic acids is 1. The summed E-state index contributed by atoms with van der Waals surface area (Å²) < 4.78 is 80.4. The van der Waals surface area contributed by atoms with Crippen molar-refractivity contribution in [2.24, 2.45) is 5.92 Å². The van der Waals surface area contributed by atoms with Crippen LogP contribution in [0.2, 0.25) is 0 Å². The quantitative estimate of drug-likeness (QED) is 0.523. The summed E-state index contributed by atoms with van der Waals surface area (Å²) in [5, 5.41) is 9.36. The number of amides is 1. The average Bonchev–Trinajstić information content (AvgIpc) is 3.28. The summed E-state index contributed by atoms with van der Waals surface area (Å²) >= 11 is 0. The zero-order valence-corrected chi connectivity index (χ0v) is 20.8. The van der Waals surface area contributed by atoms with Crippen LogP contribution < -0.4 is 4.90 Å². The number of likely N-dealkylation sites (tertiary alicyclic amines) is 1. The Bertz CT molecular complexity index is 978. The molecule has 1 amide bonds. The average molecular weight is 540 g/mol. The van der Waals surface area contributed by atoms with E-state index in [9.17, 15) is 41.0 Å². The molecule has 1 N–H and O–H groups in total. The van der Waals surface area contributed by atoms with Gasteiger partial charge in [-0.05, 0) is 57.4 Å². The Morgan fingerprint density at radius 1 is 1.14 bits per heavy atom. The molecule has 0 aliphatic carbocycles. The SMILES string of the molecule is Cc1ccc(CN(C)C2(C)CCN(C(=O)OC(C(F)(F)F)C(F)(F)F)CC2)c(N2CCC(C(=O)O)C2)c1. The minimum atomic E-state index is -5.76. The molecular weight excluding hydrogens is 508 g/mol. The van der Waals surface area contributed by atoms with Crippen LogP contribution in [-0.2, 0) is 16.1 Å². The summed E-state index contributed by atoms with van der Waals surface area (Å²) in [5.74, 6) is -1.27. The largest absolute Gasteiger partial charge is 0.481 e. The number of carbonyl (C=O) groups is 2. The van der Waals surface area contributed by atoms with Crippen molar-refractivity contribution < 1.29 is 45.8 Å². The van der Waals surface area contributed by atoms with E-state index in [-0.39, 0.29) is 13.1 Å². The first-order valence-corrected chi connectivity index (χ1v) is 11.9. The van der Waals surface area contributed by atoms with E-state index in [0.717, 1.165) is 21.7 Å². The van der Waals surface area contributed by atoms with Gasteiger partial charge in [-0.1, -0.05) is 12.1 Å². The highest BCUT2D eigenvalue weighted by Crippen LogP contribution is 2.37. The first kappa shape index (κ1) is 28.9. The van der Waals surface area contributed by atoms with Crippen molar-refractivity contribution in [1.29, 1.82) is 0 Å². The predicted molar refractivity (Wildman–Crippen MR) is 122 cm³/mol. The fourth-order valence-electron chi connectivity index (χ4n) is 4.78. The Kier molecular flexibility index (Phi) is 8.25. The fourth-order valence-corrected chi connectivity index (χ4v) is 4.78. The molecule has 2 saturated heterocycles. The van der Waals surface area contributed by atoms with Crippen LogP contribution in [0.5, 0.6) is 0 Å². The van der Waals surface area contributed by atoms with Gasteiger partial charge < -0.3 is 19.6 Å². The van der Waals surface area contributed by atoms with Gasteiger partial charge in [0.1, 0.15) is 0 Å². The number of piperidine rings is 1. The number of carboxylic acid groups (broad SMARTS) is 1. The second-order valence-electron chi connectivity index (χ2n) is 10.1. The molecule has 1 aromatic carbocycles. The summed E-state index contributed by atoms with van der Waals surface area (Å²) in [4.78, 5) is 28.5. The third-order valence-corrected chi connectivity index (χ3v) is 7.36. The summed E-state index contributed by atoms with van der Waals surface area (Å²) in [6, 6.07) is 5.93. The zero-order chi connectivity index (χ0) is 27.8. The molecule has 1 unspecified atom stereocenters. The number of halogens is 6. The Labute approximate surface area is 210 Å². The number of carboxylic acids is 1. The van der Waals surface area contributed by atoms with E-state index in [2.05, 4.69) is 4.74 Å². The standard InChI is InChI=1S/C24H31F6N3O4/c1-15-4-5-16(18(12-15)33-9-6-17(14-33)19(34)35)13-31(3)22(2)7-10-32(11-8-22)21(36)37-20(23(25,26)27)24(28,29)30/h4-5,12,17,20H,6-11,13-14H2,1-3H3,(H,34,35). The lowest BCUT2D eigenvalue weighted by Crippen LogP contribution is -2.54. The topological polar surface area (TPSA) is 73.3 Å². The van der Waals surface area contributed by atoms with Gasteiger partial charge in [0, 0.05) is 44.0 Å². The van der Waals surface area contributed by atoms with E-state index in [0.29, 0.717) is 38.9 Å². The van der Waals surface area contributed by atoms with Crippen LogP contribution in [0.4, 0.5) is 36.8 Å². The van der Waals surface area contributed by atoms with Crippen LogP contribution in [0.1, 0.15) is 37.3 Å². The van der Waals surface area contributed by atoms with Gasteiger partial charge in [-0.25, -0.2) is 4.79 Å². The van der Waals surface area contributed by atoms with Gasteiger partial charge in [0.15, 0.2) is 0 Å². The number of benzene rings is 1. The van der Waals surface area contributed by atoms with Crippen LogP contribution in [0.15, 0.2) is 18.2 Å². The number of hydrogen-bond acceptors (Lipinski definition) is 5. The van der Waals surface area contributed by atoms with Crippen molar-refractivity contribution in [1.82, 2.24) is 9.80 Å². The first-order chi connectivity index (χ1) is 17.0. The normalized spacial score (nSPS) is 20.6. The first-order valence-electron chi connectivity index (χ1n) is 11.9. The lowest BCUT2D eigenvalue weighted by Gasteiger charge is -2.45. The Morgan fingerprint density at radius 3 is 2.24 bits per heavy atom. The molecule has 1 atom stereocenters. The number of anilines is 1. The van der Waals surface area contributed by atoms with Crippen LogP contribution in [0, 0.1) is 12.8 Å². The van der Waals surface area contributed by atoms with E-state index in [4.69, 9.17) is 0 Å². The highest BCUT2D eigenvalue weighted by Gasteiger charge is 2.60. The van der Waals surface area contributed by atoms with Crippen LogP contribution in [-0.4, -0.2) is 84.2 Å². The number of aliphatic carboxylic acids is 1. The third kappa shape index (κ3) is 6.79. The summed E-state index contributed by atoms with van der Waals surface area (Å²) in [6.07, 6.45) is -16.2. The van der Waals surface area contributed by atoms with E-state index in [1.54, 1.807) is 0 Å². The van der Waals surface area contributed by atoms with Gasteiger partial charge in [0.2, 0.25) is 0 Å². The molecule has 0 saturated carbocycles. The smallest absolute Gasteiger partial charge is 0.434 e. The minimum absolute atomic E-state index is 0.0602. The molecule has 13 heteroatoms. The monoisotopic (exact) mass is 539 g/mol. The Balaban J connectivity index is 1.65. The van der Waals surface area contributed by atoms with Gasteiger partial charge in [0.25, 0.3) is 6.10 Å². The minimum Gasteiger partial charge on any atom is -0.481 e. The van der Waals surface area contributed by atoms with E-state index in [1.807, 2.05) is 48.9 Å². The third-order valence-electron chi connectivity index (χ3n) is 7.36. The molecule has 2 aliphatic rings. The number of ether oxygens (including phenoxy) is 1. The van der Waals surface area contributed by atoms with Crippen LogP contribution in [0.25, 0.3) is 0 Å². The van der Waals surface area contributed by atoms with Crippen molar-refractivity contribution in [3.63, 3.8) is 0 Å². The maximum Gasteiger partial charge on any atom is 0.434 e. The molecule has 1 aromatic rings. The highest BCUT2D eigenvalue weighted by molar-refractivity contribution is 5.72. The summed E-state index contributed by atoms with van der Waals surface area (Å²) in [6.45, 7) is 5.25. The van der Waals surface area contributed by atoms with E-state index < -0.39 is 42.0 Å².